The summed E-state index contributed by atoms with van der Waals surface area (Å²) in [6.07, 6.45) is 89.7. The molecule has 2 atom stereocenters. The zero-order chi connectivity index (χ0) is 63.3. The molecule has 87 heavy (non-hydrogen) atoms. The first-order valence-corrected chi connectivity index (χ1v) is 36.7. The van der Waals surface area contributed by atoms with Crippen LogP contribution in [0.25, 0.3) is 0 Å². The molecule has 0 heterocycles. The van der Waals surface area contributed by atoms with E-state index in [1.165, 1.54) is 231 Å². The molecule has 0 aromatic carbocycles. The zero-order valence-electron chi connectivity index (χ0n) is 57.6. The number of quaternary nitrogens is 1. The molecule has 0 saturated carbocycles. The Kier molecular flexibility index (Phi) is 65.6. The standard InChI is InChI=1S/C78H139NO8/c1-6-8-10-12-14-16-18-20-22-24-26-28-29-30-31-32-33-34-35-36-37-38-39-40-41-42-43-44-45-46-47-49-51-53-55-57-59-61-63-65-67-69-76(81)87-74(73-86-78(77(82)83)84-71-70-79(3,4)5)72-85-75(80)68-66-64-62-60-58-56-54-52-50-48-27-25-23-21-19-17-15-13-11-9-7-2/h8,10,14,16,20,22,25-28,30-31,33-34,74,78H,6-7,9,11-13,15,17-19,21,23-24,29,32,35-73H2,1-5H3/b10-8-,16-14-,22-20-,27-25-,28-26-,31-30-,34-33-. The number of aliphatic carboxylic acids is 1. The zero-order valence-corrected chi connectivity index (χ0v) is 57.6. The summed E-state index contributed by atoms with van der Waals surface area (Å²) in [5.74, 6) is -2.27. The van der Waals surface area contributed by atoms with Crippen LogP contribution in [0.3, 0.4) is 0 Å². The van der Waals surface area contributed by atoms with Gasteiger partial charge in [0.15, 0.2) is 12.4 Å². The van der Waals surface area contributed by atoms with E-state index in [2.05, 4.69) is 98.9 Å². The predicted octanol–water partition coefficient (Wildman–Crippen LogP) is 21.7. The van der Waals surface area contributed by atoms with Crippen LogP contribution in [0.4, 0.5) is 0 Å². The summed E-state index contributed by atoms with van der Waals surface area (Å²) in [6, 6.07) is 0. The number of ether oxygens (including phenoxy) is 4. The second kappa shape index (κ2) is 68.4. The van der Waals surface area contributed by atoms with Gasteiger partial charge in [0, 0.05) is 12.8 Å². The fraction of sp³-hybridized carbons (Fsp3) is 0.782. The van der Waals surface area contributed by atoms with E-state index >= 15 is 0 Å². The van der Waals surface area contributed by atoms with Crippen LogP contribution in [-0.4, -0.2) is 82.3 Å². The van der Waals surface area contributed by atoms with E-state index in [1.807, 2.05) is 21.1 Å². The molecule has 0 saturated heterocycles. The number of carboxylic acids is 1. The normalized spacial score (nSPS) is 13.2. The minimum Gasteiger partial charge on any atom is -0.545 e. The molecule has 0 rings (SSSR count). The molecule has 0 amide bonds. The number of carbonyl (C=O) groups excluding carboxylic acids is 3. The van der Waals surface area contributed by atoms with Crippen LogP contribution < -0.4 is 5.11 Å². The van der Waals surface area contributed by atoms with Crippen molar-refractivity contribution in [1.29, 1.82) is 0 Å². The molecule has 0 N–H and O–H groups in total. The SMILES string of the molecule is CC/C=C\C/C=C\C/C=C\C/C=C\C/C=C\C/C=C\CCCCCCCCCCCCCCCCCCCCCCCCC(=O)OC(COC(=O)CCCCCCCCCCC/C=C\CCCCCCCCCC)COC(OCC[N+](C)(C)C)C(=O)[O-]. The minimum absolute atomic E-state index is 0.148. The Bertz CT molecular complexity index is 1700. The minimum atomic E-state index is -1.62. The maximum absolute atomic E-state index is 12.9. The summed E-state index contributed by atoms with van der Waals surface area (Å²) in [5.41, 5.74) is 0. The first-order chi connectivity index (χ1) is 42.6. The average Bonchev–Trinajstić information content (AvgIpc) is 3.59. The van der Waals surface area contributed by atoms with Crippen molar-refractivity contribution in [3.05, 3.63) is 85.1 Å². The van der Waals surface area contributed by atoms with Gasteiger partial charge in [-0.05, 0) is 89.9 Å². The van der Waals surface area contributed by atoms with E-state index in [0.29, 0.717) is 23.9 Å². The quantitative estimate of drug-likeness (QED) is 0.0195. The highest BCUT2D eigenvalue weighted by atomic mass is 16.7. The summed E-state index contributed by atoms with van der Waals surface area (Å²) in [6.45, 7) is 4.67. The number of likely N-dealkylation sites (N-methyl/N-ethyl adjacent to an activating group) is 1. The van der Waals surface area contributed by atoms with Crippen LogP contribution in [0.1, 0.15) is 335 Å². The number of carboxylic acid groups (broad SMARTS) is 1. The summed E-state index contributed by atoms with van der Waals surface area (Å²) in [7, 11) is 5.94. The fourth-order valence-corrected chi connectivity index (χ4v) is 10.5. The topological polar surface area (TPSA) is 111 Å². The molecule has 9 nitrogen and oxygen atoms in total. The van der Waals surface area contributed by atoms with Crippen molar-refractivity contribution in [3.63, 3.8) is 0 Å². The number of hydrogen-bond donors (Lipinski definition) is 0. The van der Waals surface area contributed by atoms with Gasteiger partial charge in [-0.25, -0.2) is 0 Å². The van der Waals surface area contributed by atoms with E-state index in [9.17, 15) is 19.5 Å². The third-order valence-corrected chi connectivity index (χ3v) is 16.1. The van der Waals surface area contributed by atoms with E-state index in [4.69, 9.17) is 18.9 Å². The van der Waals surface area contributed by atoms with Gasteiger partial charge in [0.2, 0.25) is 0 Å². The Balaban J connectivity index is 3.99. The van der Waals surface area contributed by atoms with Gasteiger partial charge in [0.05, 0.1) is 40.3 Å². The van der Waals surface area contributed by atoms with Gasteiger partial charge in [0.25, 0.3) is 0 Å². The van der Waals surface area contributed by atoms with Crippen LogP contribution in [0, 0.1) is 0 Å². The predicted molar refractivity (Wildman–Crippen MR) is 371 cm³/mol. The molecular formula is C78H139NO8. The molecule has 0 radical (unpaired) electrons. The maximum atomic E-state index is 12.9. The van der Waals surface area contributed by atoms with Gasteiger partial charge in [-0.15, -0.1) is 0 Å². The molecule has 0 fully saturated rings. The Morgan fingerprint density at radius 3 is 0.989 bits per heavy atom. The number of rotatable bonds is 68. The van der Waals surface area contributed by atoms with Gasteiger partial charge in [-0.1, -0.05) is 317 Å². The number of hydrogen-bond acceptors (Lipinski definition) is 8. The largest absolute Gasteiger partial charge is 0.545 e. The van der Waals surface area contributed by atoms with Crippen molar-refractivity contribution in [2.24, 2.45) is 0 Å². The molecule has 0 spiro atoms. The fourth-order valence-electron chi connectivity index (χ4n) is 10.5. The van der Waals surface area contributed by atoms with Gasteiger partial charge in [0.1, 0.15) is 13.2 Å². The van der Waals surface area contributed by atoms with E-state index in [-0.39, 0.29) is 32.2 Å². The van der Waals surface area contributed by atoms with Crippen LogP contribution in [-0.2, 0) is 33.3 Å². The summed E-state index contributed by atoms with van der Waals surface area (Å²) in [4.78, 5) is 37.5. The number of allylic oxidation sites excluding steroid dienone is 14. The van der Waals surface area contributed by atoms with Gasteiger partial charge >= 0.3 is 11.9 Å². The van der Waals surface area contributed by atoms with Crippen molar-refractivity contribution >= 4 is 17.9 Å². The molecule has 0 aliphatic carbocycles. The Morgan fingerprint density at radius 2 is 0.655 bits per heavy atom. The Labute approximate surface area is 538 Å². The third kappa shape index (κ3) is 69.8. The smallest absolute Gasteiger partial charge is 0.306 e. The summed E-state index contributed by atoms with van der Waals surface area (Å²) >= 11 is 0. The van der Waals surface area contributed by atoms with Crippen molar-refractivity contribution in [3.8, 4) is 0 Å². The van der Waals surface area contributed by atoms with Crippen LogP contribution >= 0.6 is 0 Å². The average molecular weight is 1220 g/mol. The number of unbranched alkanes of at least 4 members (excludes halogenated alkanes) is 39. The molecule has 2 unspecified atom stereocenters. The lowest BCUT2D eigenvalue weighted by Crippen LogP contribution is -2.44. The molecule has 9 heteroatoms. The van der Waals surface area contributed by atoms with Crippen molar-refractivity contribution in [2.75, 3.05) is 47.5 Å². The molecule has 0 aliphatic rings. The second-order valence-electron chi connectivity index (χ2n) is 25.9. The highest BCUT2D eigenvalue weighted by Crippen LogP contribution is 2.18. The van der Waals surface area contributed by atoms with E-state index < -0.39 is 24.3 Å². The molecule has 0 aromatic rings. The highest BCUT2D eigenvalue weighted by molar-refractivity contribution is 5.70. The first kappa shape index (κ1) is 83.5. The van der Waals surface area contributed by atoms with Crippen molar-refractivity contribution in [1.82, 2.24) is 0 Å². The molecular weight excluding hydrogens is 1080 g/mol. The molecule has 0 bridgehead atoms. The monoisotopic (exact) mass is 1220 g/mol. The summed E-state index contributed by atoms with van der Waals surface area (Å²) < 4.78 is 22.8. The number of esters is 2. The van der Waals surface area contributed by atoms with Crippen molar-refractivity contribution in [2.45, 2.75) is 347 Å². The lowest BCUT2D eigenvalue weighted by Gasteiger charge is -2.26. The number of carbonyl (C=O) groups is 3. The lowest BCUT2D eigenvalue weighted by molar-refractivity contribution is -0.870. The molecule has 0 aliphatic heterocycles. The lowest BCUT2D eigenvalue weighted by atomic mass is 10.0. The first-order valence-electron chi connectivity index (χ1n) is 36.7. The van der Waals surface area contributed by atoms with Gasteiger partial charge in [-0.3, -0.25) is 9.59 Å². The molecule has 0 aromatic heterocycles. The number of nitrogens with zero attached hydrogens (tertiary/aromatic N) is 1. The Hall–Kier alpha value is -3.53. The molecule has 504 valence electrons. The van der Waals surface area contributed by atoms with Crippen molar-refractivity contribution < 1.29 is 42.9 Å². The van der Waals surface area contributed by atoms with E-state index in [0.717, 1.165) is 70.6 Å². The van der Waals surface area contributed by atoms with Crippen LogP contribution in [0.5, 0.6) is 0 Å². The van der Waals surface area contributed by atoms with Crippen LogP contribution in [0.2, 0.25) is 0 Å². The summed E-state index contributed by atoms with van der Waals surface area (Å²) in [5, 5.41) is 11.8. The maximum Gasteiger partial charge on any atom is 0.306 e. The van der Waals surface area contributed by atoms with Gasteiger partial charge in [-0.2, -0.15) is 0 Å². The van der Waals surface area contributed by atoms with Gasteiger partial charge < -0.3 is 33.3 Å². The Morgan fingerprint density at radius 1 is 0.356 bits per heavy atom. The van der Waals surface area contributed by atoms with E-state index in [1.54, 1.807) is 0 Å². The third-order valence-electron chi connectivity index (χ3n) is 16.1. The van der Waals surface area contributed by atoms with Crippen LogP contribution in [0.15, 0.2) is 85.1 Å². The highest BCUT2D eigenvalue weighted by Gasteiger charge is 2.22. The second-order valence-corrected chi connectivity index (χ2v) is 25.9.